The first-order valence-corrected chi connectivity index (χ1v) is 10.6. The minimum atomic E-state index is -0.289. The van der Waals surface area contributed by atoms with Crippen molar-refractivity contribution in [2.24, 2.45) is 5.92 Å². The maximum atomic E-state index is 13.3. The summed E-state index contributed by atoms with van der Waals surface area (Å²) in [5.41, 5.74) is 1.40. The maximum absolute atomic E-state index is 13.3. The maximum Gasteiger partial charge on any atom is 0.223 e. The number of benzene rings is 1. The number of hydrogen-bond donors (Lipinski definition) is 1. The highest BCUT2D eigenvalue weighted by Crippen LogP contribution is 2.33. The summed E-state index contributed by atoms with van der Waals surface area (Å²) in [7, 11) is 0. The molecule has 7 heteroatoms. The predicted molar refractivity (Wildman–Crippen MR) is 108 cm³/mol. The molecule has 3 aromatic rings. The van der Waals surface area contributed by atoms with Gasteiger partial charge < -0.3 is 14.5 Å². The molecule has 1 aliphatic heterocycles. The molecule has 5 rings (SSSR count). The standard InChI is InChI=1S/C22H26FN5O/c23-17-5-6-18-19(12-17)26-20(25-18)7-8-21(29)27-10-1-2-16(14-27)22-24-9-11-28(22)13-15-3-4-15/h5-6,9,11-12,15-16H,1-4,7-8,10,13-14H2,(H,25,26)/t16-/m1/s1. The summed E-state index contributed by atoms with van der Waals surface area (Å²) in [6.07, 6.45) is 9.65. The molecule has 1 amide bonds. The van der Waals surface area contributed by atoms with Gasteiger partial charge in [0.25, 0.3) is 0 Å². The third-order valence-electron chi connectivity index (χ3n) is 6.11. The Kier molecular flexibility index (Phi) is 4.81. The molecule has 0 spiro atoms. The van der Waals surface area contributed by atoms with Crippen molar-refractivity contribution in [2.75, 3.05) is 13.1 Å². The molecule has 0 bridgehead atoms. The second-order valence-electron chi connectivity index (χ2n) is 8.41. The Morgan fingerprint density at radius 1 is 1.28 bits per heavy atom. The van der Waals surface area contributed by atoms with E-state index in [9.17, 15) is 9.18 Å². The van der Waals surface area contributed by atoms with Gasteiger partial charge in [-0.25, -0.2) is 14.4 Å². The smallest absolute Gasteiger partial charge is 0.223 e. The van der Waals surface area contributed by atoms with Crippen molar-refractivity contribution >= 4 is 16.9 Å². The molecule has 0 radical (unpaired) electrons. The Hall–Kier alpha value is -2.70. The van der Waals surface area contributed by atoms with Crippen LogP contribution in [0.15, 0.2) is 30.6 Å². The first-order chi connectivity index (χ1) is 14.2. The summed E-state index contributed by atoms with van der Waals surface area (Å²) >= 11 is 0. The van der Waals surface area contributed by atoms with Gasteiger partial charge in [0.2, 0.25) is 5.91 Å². The van der Waals surface area contributed by atoms with E-state index in [0.717, 1.165) is 55.6 Å². The highest BCUT2D eigenvalue weighted by molar-refractivity contribution is 5.77. The molecule has 1 aliphatic carbocycles. The zero-order chi connectivity index (χ0) is 19.8. The fourth-order valence-corrected chi connectivity index (χ4v) is 4.36. The number of likely N-dealkylation sites (tertiary alicyclic amines) is 1. The van der Waals surface area contributed by atoms with Crippen molar-refractivity contribution in [3.05, 3.63) is 48.1 Å². The second-order valence-corrected chi connectivity index (χ2v) is 8.41. The highest BCUT2D eigenvalue weighted by Gasteiger charge is 2.29. The van der Waals surface area contributed by atoms with E-state index in [-0.39, 0.29) is 11.7 Å². The van der Waals surface area contributed by atoms with Gasteiger partial charge in [-0.05, 0) is 49.8 Å². The lowest BCUT2D eigenvalue weighted by Crippen LogP contribution is -2.40. The van der Waals surface area contributed by atoms with E-state index in [1.54, 1.807) is 6.07 Å². The number of H-pyrrole nitrogens is 1. The van der Waals surface area contributed by atoms with E-state index in [4.69, 9.17) is 0 Å². The van der Waals surface area contributed by atoms with Crippen molar-refractivity contribution in [1.82, 2.24) is 24.4 Å². The molecule has 1 N–H and O–H groups in total. The van der Waals surface area contributed by atoms with Gasteiger partial charge in [0.1, 0.15) is 17.5 Å². The molecule has 6 nitrogen and oxygen atoms in total. The largest absolute Gasteiger partial charge is 0.342 e. The number of aromatic nitrogens is 4. The summed E-state index contributed by atoms with van der Waals surface area (Å²) in [6.45, 7) is 2.61. The Morgan fingerprint density at radius 2 is 2.17 bits per heavy atom. The van der Waals surface area contributed by atoms with Crippen LogP contribution in [0.3, 0.4) is 0 Å². The molecule has 2 aromatic heterocycles. The summed E-state index contributed by atoms with van der Waals surface area (Å²) in [5, 5.41) is 0. The van der Waals surface area contributed by atoms with Gasteiger partial charge in [-0.1, -0.05) is 0 Å². The topological polar surface area (TPSA) is 66.8 Å². The summed E-state index contributed by atoms with van der Waals surface area (Å²) in [6, 6.07) is 4.50. The van der Waals surface area contributed by atoms with Gasteiger partial charge in [-0.15, -0.1) is 0 Å². The van der Waals surface area contributed by atoms with Crippen molar-refractivity contribution in [2.45, 2.75) is 51.0 Å². The number of nitrogens with zero attached hydrogens (tertiary/aromatic N) is 4. The van der Waals surface area contributed by atoms with Gasteiger partial charge in [0.05, 0.1) is 11.0 Å². The number of nitrogens with one attached hydrogen (secondary N) is 1. The molecule has 1 aromatic carbocycles. The number of rotatable bonds is 6. The molecule has 1 saturated carbocycles. The SMILES string of the molecule is O=C(CCc1nc2ccc(F)cc2[nH]1)N1CCC[C@@H](c2nccn2CC2CC2)C1. The van der Waals surface area contributed by atoms with Crippen LogP contribution in [0.2, 0.25) is 0 Å². The molecule has 2 aliphatic rings. The van der Waals surface area contributed by atoms with E-state index >= 15 is 0 Å². The fourth-order valence-electron chi connectivity index (χ4n) is 4.36. The normalized spacial score (nSPS) is 19.8. The molecule has 1 atom stereocenters. The summed E-state index contributed by atoms with van der Waals surface area (Å²) < 4.78 is 15.6. The highest BCUT2D eigenvalue weighted by atomic mass is 19.1. The molecule has 152 valence electrons. The summed E-state index contributed by atoms with van der Waals surface area (Å²) in [5.74, 6) is 2.85. The number of carbonyl (C=O) groups is 1. The van der Waals surface area contributed by atoms with Crippen molar-refractivity contribution < 1.29 is 9.18 Å². The third kappa shape index (κ3) is 4.04. The van der Waals surface area contributed by atoms with Crippen LogP contribution < -0.4 is 0 Å². The van der Waals surface area contributed by atoms with E-state index in [0.29, 0.717) is 24.3 Å². The van der Waals surface area contributed by atoms with Gasteiger partial charge in [-0.3, -0.25) is 4.79 Å². The minimum Gasteiger partial charge on any atom is -0.342 e. The number of halogens is 1. The van der Waals surface area contributed by atoms with Crippen LogP contribution >= 0.6 is 0 Å². The monoisotopic (exact) mass is 395 g/mol. The van der Waals surface area contributed by atoms with Crippen LogP contribution in [0.25, 0.3) is 11.0 Å². The quantitative estimate of drug-likeness (QED) is 0.693. The molecule has 0 unspecified atom stereocenters. The first-order valence-electron chi connectivity index (χ1n) is 10.6. The molecule has 3 heterocycles. The lowest BCUT2D eigenvalue weighted by Gasteiger charge is -2.32. The van der Waals surface area contributed by atoms with Gasteiger partial charge in [0, 0.05) is 50.8 Å². The molecule has 2 fully saturated rings. The van der Waals surface area contributed by atoms with Crippen LogP contribution in [-0.4, -0.2) is 43.4 Å². The number of aromatic amines is 1. The van der Waals surface area contributed by atoms with E-state index in [1.165, 1.54) is 25.0 Å². The number of fused-ring (bicyclic) bond motifs is 1. The van der Waals surface area contributed by atoms with Crippen molar-refractivity contribution in [3.8, 4) is 0 Å². The Bertz CT molecular complexity index is 1020. The van der Waals surface area contributed by atoms with Crippen LogP contribution in [0, 0.1) is 11.7 Å². The number of carbonyl (C=O) groups excluding carboxylic acids is 1. The minimum absolute atomic E-state index is 0.154. The predicted octanol–water partition coefficient (Wildman–Crippen LogP) is 3.65. The number of amides is 1. The van der Waals surface area contributed by atoms with Gasteiger partial charge >= 0.3 is 0 Å². The number of piperidine rings is 1. The fraction of sp³-hybridized carbons (Fsp3) is 0.500. The molecule has 29 heavy (non-hydrogen) atoms. The zero-order valence-corrected chi connectivity index (χ0v) is 16.5. The average molecular weight is 395 g/mol. The average Bonchev–Trinajstić information content (AvgIpc) is 3.26. The van der Waals surface area contributed by atoms with Gasteiger partial charge in [0.15, 0.2) is 0 Å². The Morgan fingerprint density at radius 3 is 3.03 bits per heavy atom. The first kappa shape index (κ1) is 18.3. The third-order valence-corrected chi connectivity index (χ3v) is 6.11. The number of aryl methyl sites for hydroxylation is 1. The lowest BCUT2D eigenvalue weighted by molar-refractivity contribution is -0.132. The van der Waals surface area contributed by atoms with Crippen LogP contribution in [0.1, 0.15) is 49.7 Å². The summed E-state index contributed by atoms with van der Waals surface area (Å²) in [4.78, 5) is 27.0. The molecular formula is C22H26FN5O. The van der Waals surface area contributed by atoms with Crippen molar-refractivity contribution in [3.63, 3.8) is 0 Å². The molecular weight excluding hydrogens is 369 g/mol. The van der Waals surface area contributed by atoms with E-state index in [2.05, 4.69) is 25.7 Å². The lowest BCUT2D eigenvalue weighted by atomic mass is 9.96. The van der Waals surface area contributed by atoms with E-state index in [1.807, 2.05) is 11.1 Å². The van der Waals surface area contributed by atoms with Crippen molar-refractivity contribution in [1.29, 1.82) is 0 Å². The Balaban J connectivity index is 1.21. The number of imidazole rings is 2. The Labute approximate surface area is 169 Å². The van der Waals surface area contributed by atoms with E-state index < -0.39 is 0 Å². The molecule has 1 saturated heterocycles. The second kappa shape index (κ2) is 7.61. The van der Waals surface area contributed by atoms with Crippen LogP contribution in [0.4, 0.5) is 4.39 Å². The van der Waals surface area contributed by atoms with Crippen LogP contribution in [-0.2, 0) is 17.8 Å². The van der Waals surface area contributed by atoms with Gasteiger partial charge in [-0.2, -0.15) is 0 Å². The number of hydrogen-bond acceptors (Lipinski definition) is 3. The van der Waals surface area contributed by atoms with Crippen LogP contribution in [0.5, 0.6) is 0 Å². The zero-order valence-electron chi connectivity index (χ0n) is 16.5.